The summed E-state index contributed by atoms with van der Waals surface area (Å²) in [5, 5.41) is 0. The molecule has 0 saturated carbocycles. The van der Waals surface area contributed by atoms with Gasteiger partial charge in [-0.25, -0.2) is 0 Å². The summed E-state index contributed by atoms with van der Waals surface area (Å²) in [6.45, 7) is 4.27. The zero-order valence-corrected chi connectivity index (χ0v) is 20.1. The van der Waals surface area contributed by atoms with E-state index in [1.165, 1.54) is 0 Å². The van der Waals surface area contributed by atoms with Crippen LogP contribution in [0.1, 0.15) is 44.9 Å². The molecule has 3 aliphatic heterocycles. The molecule has 2 N–H and O–H groups in total. The van der Waals surface area contributed by atoms with E-state index in [-0.39, 0.29) is 36.3 Å². The fraction of sp³-hybridized carbons (Fsp3) is 0.654. The molecule has 34 heavy (non-hydrogen) atoms. The number of ether oxygens (including phenoxy) is 1. The summed E-state index contributed by atoms with van der Waals surface area (Å²) < 4.78 is 5.63. The molecular weight excluding hydrogens is 432 g/mol. The highest BCUT2D eigenvalue weighted by Crippen LogP contribution is 2.31. The highest BCUT2D eigenvalue weighted by Gasteiger charge is 2.36. The lowest BCUT2D eigenvalue weighted by molar-refractivity contribution is -0.140. The van der Waals surface area contributed by atoms with Gasteiger partial charge in [-0.1, -0.05) is 18.2 Å². The highest BCUT2D eigenvalue weighted by molar-refractivity contribution is 5.79. The van der Waals surface area contributed by atoms with Gasteiger partial charge in [-0.3, -0.25) is 19.3 Å². The third-order valence-corrected chi connectivity index (χ3v) is 7.76. The number of nitrogens with zero attached hydrogens (tertiary/aromatic N) is 3. The molecule has 1 aromatic rings. The maximum atomic E-state index is 13.2. The first-order chi connectivity index (χ1) is 16.5. The van der Waals surface area contributed by atoms with Crippen LogP contribution in [0.4, 0.5) is 0 Å². The molecule has 0 spiro atoms. The van der Waals surface area contributed by atoms with Gasteiger partial charge in [0.15, 0.2) is 6.61 Å². The van der Waals surface area contributed by atoms with Crippen molar-refractivity contribution in [2.75, 3.05) is 45.9 Å². The largest absolute Gasteiger partial charge is 0.484 e. The number of para-hydroxylation sites is 1. The minimum absolute atomic E-state index is 0.0262. The first-order valence-electron chi connectivity index (χ1n) is 12.8. The Morgan fingerprint density at radius 1 is 0.853 bits per heavy atom. The van der Waals surface area contributed by atoms with E-state index in [4.69, 9.17) is 10.5 Å². The average molecular weight is 471 g/mol. The van der Waals surface area contributed by atoms with Crippen molar-refractivity contribution in [1.29, 1.82) is 0 Å². The van der Waals surface area contributed by atoms with Crippen molar-refractivity contribution in [2.45, 2.75) is 51.0 Å². The van der Waals surface area contributed by atoms with Crippen molar-refractivity contribution in [3.8, 4) is 5.75 Å². The van der Waals surface area contributed by atoms with Crippen LogP contribution in [0.25, 0.3) is 0 Å². The van der Waals surface area contributed by atoms with E-state index < -0.39 is 0 Å². The van der Waals surface area contributed by atoms with Crippen LogP contribution in [0, 0.1) is 11.8 Å². The quantitative estimate of drug-likeness (QED) is 0.657. The van der Waals surface area contributed by atoms with Gasteiger partial charge in [0.2, 0.25) is 11.8 Å². The summed E-state index contributed by atoms with van der Waals surface area (Å²) in [6.07, 6.45) is 6.60. The molecule has 3 heterocycles. The molecule has 8 heteroatoms. The Bertz CT molecular complexity index is 832. The molecule has 186 valence electrons. The third-order valence-electron chi connectivity index (χ3n) is 7.76. The number of hydrogen-bond acceptors (Lipinski definition) is 5. The van der Waals surface area contributed by atoms with E-state index in [1.54, 1.807) is 0 Å². The van der Waals surface area contributed by atoms with Crippen LogP contribution in [0.15, 0.2) is 30.3 Å². The van der Waals surface area contributed by atoms with Crippen LogP contribution in [0.3, 0.4) is 0 Å². The second-order valence-corrected chi connectivity index (χ2v) is 9.92. The molecular formula is C26H38N4O4. The summed E-state index contributed by atoms with van der Waals surface area (Å²) >= 11 is 0. The van der Waals surface area contributed by atoms with E-state index in [0.29, 0.717) is 18.2 Å². The predicted octanol–water partition coefficient (Wildman–Crippen LogP) is 1.88. The first-order valence-corrected chi connectivity index (χ1v) is 12.8. The summed E-state index contributed by atoms with van der Waals surface area (Å²) in [5.74, 6) is 1.10. The smallest absolute Gasteiger partial charge is 0.260 e. The Balaban J connectivity index is 1.24. The Labute approximate surface area is 202 Å². The van der Waals surface area contributed by atoms with Crippen LogP contribution in [-0.4, -0.2) is 84.3 Å². The van der Waals surface area contributed by atoms with Crippen molar-refractivity contribution >= 4 is 17.7 Å². The normalized spacial score (nSPS) is 23.0. The lowest BCUT2D eigenvalue weighted by Crippen LogP contribution is -2.54. The molecule has 1 atom stereocenters. The summed E-state index contributed by atoms with van der Waals surface area (Å²) in [4.78, 5) is 43.5. The molecule has 8 nitrogen and oxygen atoms in total. The van der Waals surface area contributed by atoms with Gasteiger partial charge in [-0.2, -0.15) is 0 Å². The molecule has 0 radical (unpaired) electrons. The molecule has 0 aromatic heterocycles. The molecule has 4 rings (SSSR count). The van der Waals surface area contributed by atoms with Crippen LogP contribution in [0.5, 0.6) is 5.75 Å². The number of likely N-dealkylation sites (tertiary alicyclic amines) is 3. The van der Waals surface area contributed by atoms with Crippen molar-refractivity contribution in [1.82, 2.24) is 14.7 Å². The zero-order chi connectivity index (χ0) is 23.9. The summed E-state index contributed by atoms with van der Waals surface area (Å²) in [7, 11) is 0. The number of carbonyl (C=O) groups is 3. The monoisotopic (exact) mass is 470 g/mol. The Morgan fingerprint density at radius 2 is 1.56 bits per heavy atom. The van der Waals surface area contributed by atoms with Gasteiger partial charge in [0.05, 0.1) is 6.54 Å². The van der Waals surface area contributed by atoms with Gasteiger partial charge < -0.3 is 20.3 Å². The van der Waals surface area contributed by atoms with Crippen LogP contribution < -0.4 is 10.5 Å². The lowest BCUT2D eigenvalue weighted by atomic mass is 9.83. The van der Waals surface area contributed by atoms with Gasteiger partial charge in [0.1, 0.15) is 5.75 Å². The molecule has 0 bridgehead atoms. The van der Waals surface area contributed by atoms with E-state index in [0.717, 1.165) is 77.7 Å². The third kappa shape index (κ3) is 6.29. The fourth-order valence-electron chi connectivity index (χ4n) is 5.70. The van der Waals surface area contributed by atoms with Gasteiger partial charge >= 0.3 is 0 Å². The summed E-state index contributed by atoms with van der Waals surface area (Å²) in [6, 6.07) is 9.69. The lowest BCUT2D eigenvalue weighted by Gasteiger charge is -2.44. The predicted molar refractivity (Wildman–Crippen MR) is 129 cm³/mol. The number of carbonyl (C=O) groups excluding carboxylic acids is 3. The number of piperidine rings is 3. The zero-order valence-electron chi connectivity index (χ0n) is 20.1. The second kappa shape index (κ2) is 11.7. The number of rotatable bonds is 7. The fourth-order valence-corrected chi connectivity index (χ4v) is 5.70. The van der Waals surface area contributed by atoms with Crippen molar-refractivity contribution in [2.24, 2.45) is 17.6 Å². The number of benzene rings is 1. The van der Waals surface area contributed by atoms with Crippen molar-refractivity contribution in [3.05, 3.63) is 30.3 Å². The number of primary amides is 1. The average Bonchev–Trinajstić information content (AvgIpc) is 2.88. The Kier molecular flexibility index (Phi) is 8.43. The maximum Gasteiger partial charge on any atom is 0.260 e. The SMILES string of the molecule is NC(=O)C1CCN(CC(=O)N2CCCCC2C2CCN(C(=O)COc3ccccc3)CC2)CC1. The highest BCUT2D eigenvalue weighted by atomic mass is 16.5. The maximum absolute atomic E-state index is 13.2. The summed E-state index contributed by atoms with van der Waals surface area (Å²) in [5.41, 5.74) is 5.44. The molecule has 3 amide bonds. The van der Waals surface area contributed by atoms with Gasteiger partial charge in [-0.05, 0) is 76.1 Å². The van der Waals surface area contributed by atoms with E-state index in [2.05, 4.69) is 9.80 Å². The number of hydrogen-bond donors (Lipinski definition) is 1. The van der Waals surface area contributed by atoms with Crippen LogP contribution >= 0.6 is 0 Å². The standard InChI is InChI=1S/C26H38N4O4/c27-26(33)21-9-14-28(15-10-21)18-24(31)30-13-5-4-8-23(30)20-11-16-29(17-12-20)25(32)19-34-22-6-2-1-3-7-22/h1-3,6-7,20-21,23H,4-5,8-19H2,(H2,27,33). The molecule has 1 aromatic carbocycles. The minimum atomic E-state index is -0.224. The number of nitrogens with two attached hydrogens (primary N) is 1. The van der Waals surface area contributed by atoms with E-state index in [9.17, 15) is 14.4 Å². The molecule has 3 fully saturated rings. The number of amides is 3. The Hall–Kier alpha value is -2.61. The second-order valence-electron chi connectivity index (χ2n) is 9.92. The van der Waals surface area contributed by atoms with Gasteiger partial charge in [0, 0.05) is 31.6 Å². The Morgan fingerprint density at radius 3 is 2.24 bits per heavy atom. The van der Waals surface area contributed by atoms with Gasteiger partial charge in [-0.15, -0.1) is 0 Å². The minimum Gasteiger partial charge on any atom is -0.484 e. The van der Waals surface area contributed by atoms with E-state index in [1.807, 2.05) is 35.2 Å². The van der Waals surface area contributed by atoms with E-state index >= 15 is 0 Å². The molecule has 3 aliphatic rings. The molecule has 3 saturated heterocycles. The first kappa shape index (κ1) is 24.5. The van der Waals surface area contributed by atoms with Crippen molar-refractivity contribution in [3.63, 3.8) is 0 Å². The van der Waals surface area contributed by atoms with Crippen LogP contribution in [-0.2, 0) is 14.4 Å². The van der Waals surface area contributed by atoms with Crippen molar-refractivity contribution < 1.29 is 19.1 Å². The van der Waals surface area contributed by atoms with Gasteiger partial charge in [0.25, 0.3) is 5.91 Å². The molecule has 1 unspecified atom stereocenters. The van der Waals surface area contributed by atoms with Crippen LogP contribution in [0.2, 0.25) is 0 Å². The molecule has 0 aliphatic carbocycles. The topological polar surface area (TPSA) is 96.2 Å².